The second-order valence-corrected chi connectivity index (χ2v) is 9.40. The van der Waals surface area contributed by atoms with E-state index in [1.54, 1.807) is 6.07 Å². The molecule has 0 bridgehead atoms. The van der Waals surface area contributed by atoms with Gasteiger partial charge in [0.25, 0.3) is 10.0 Å². The van der Waals surface area contributed by atoms with E-state index >= 15 is 0 Å². The van der Waals surface area contributed by atoms with Gasteiger partial charge in [0.15, 0.2) is 5.78 Å². The van der Waals surface area contributed by atoms with Crippen LogP contribution in [0, 0.1) is 0 Å². The van der Waals surface area contributed by atoms with Crippen LogP contribution in [-0.2, 0) is 27.4 Å². The molecule has 182 valence electrons. The monoisotopic (exact) mass is 504 g/mol. The average Bonchev–Trinajstić information content (AvgIpc) is 3.27. The SMILES string of the molecule is C[C@H](NS(=O)(=O)c1cc2cnccc2o1)C(=O)CCc1cc(-c2ccc(C(F)(F)F)cc2)ncn1. The molecule has 1 aromatic carbocycles. The van der Waals surface area contributed by atoms with Crippen molar-refractivity contribution in [2.45, 2.75) is 37.1 Å². The molecule has 35 heavy (non-hydrogen) atoms. The number of carbonyl (C=O) groups is 1. The molecule has 3 heterocycles. The summed E-state index contributed by atoms with van der Waals surface area (Å²) in [6.07, 6.45) is -0.0650. The number of alkyl halides is 3. The Balaban J connectivity index is 1.39. The van der Waals surface area contributed by atoms with Gasteiger partial charge in [-0.3, -0.25) is 9.78 Å². The van der Waals surface area contributed by atoms with Crippen LogP contribution in [0.3, 0.4) is 0 Å². The lowest BCUT2D eigenvalue weighted by Gasteiger charge is -2.12. The summed E-state index contributed by atoms with van der Waals surface area (Å²) in [5, 5.41) is 0.191. The highest BCUT2D eigenvalue weighted by Gasteiger charge is 2.30. The molecular weight excluding hydrogens is 485 g/mol. The summed E-state index contributed by atoms with van der Waals surface area (Å²) in [6.45, 7) is 1.43. The summed E-state index contributed by atoms with van der Waals surface area (Å²) in [6, 6.07) is 7.96. The van der Waals surface area contributed by atoms with Gasteiger partial charge in [-0.15, -0.1) is 0 Å². The van der Waals surface area contributed by atoms with E-state index in [4.69, 9.17) is 4.42 Å². The van der Waals surface area contributed by atoms with Gasteiger partial charge < -0.3 is 4.42 Å². The number of hydrogen-bond donors (Lipinski definition) is 1. The molecule has 12 heteroatoms. The van der Waals surface area contributed by atoms with Crippen molar-refractivity contribution in [1.29, 1.82) is 0 Å². The third-order valence-corrected chi connectivity index (χ3v) is 6.63. The van der Waals surface area contributed by atoms with E-state index in [-0.39, 0.29) is 23.7 Å². The van der Waals surface area contributed by atoms with Crippen LogP contribution in [0.25, 0.3) is 22.2 Å². The zero-order valence-electron chi connectivity index (χ0n) is 18.3. The van der Waals surface area contributed by atoms with E-state index in [0.29, 0.717) is 27.9 Å². The van der Waals surface area contributed by atoms with E-state index in [1.165, 1.54) is 49.9 Å². The van der Waals surface area contributed by atoms with E-state index < -0.39 is 27.8 Å². The summed E-state index contributed by atoms with van der Waals surface area (Å²) in [5.74, 6) is -0.374. The number of fused-ring (bicyclic) bond motifs is 1. The summed E-state index contributed by atoms with van der Waals surface area (Å²) in [7, 11) is -4.08. The van der Waals surface area contributed by atoms with Crippen molar-refractivity contribution in [2.24, 2.45) is 0 Å². The molecule has 0 saturated carbocycles. The number of aryl methyl sites for hydroxylation is 1. The van der Waals surface area contributed by atoms with E-state index in [1.807, 2.05) is 0 Å². The van der Waals surface area contributed by atoms with Gasteiger partial charge >= 0.3 is 6.18 Å². The van der Waals surface area contributed by atoms with Crippen LogP contribution in [-0.4, -0.2) is 35.2 Å². The smallest absolute Gasteiger partial charge is 0.416 e. The van der Waals surface area contributed by atoms with E-state index in [2.05, 4.69) is 19.7 Å². The standard InChI is InChI=1S/C23H19F3N4O4S/c1-14(30-35(32,33)22-10-16-12-27-9-8-21(16)34-22)20(31)7-6-18-11-19(29-13-28-18)15-2-4-17(5-3-15)23(24,25)26/h2-5,8-14,30H,6-7H2,1H3/t14-/m0/s1. The molecule has 0 aliphatic carbocycles. The fourth-order valence-corrected chi connectivity index (χ4v) is 4.53. The molecule has 4 aromatic rings. The van der Waals surface area contributed by atoms with Gasteiger partial charge in [-0.05, 0) is 37.6 Å². The molecule has 0 fully saturated rings. The maximum Gasteiger partial charge on any atom is 0.416 e. The number of nitrogens with zero attached hydrogens (tertiary/aromatic N) is 3. The summed E-state index contributed by atoms with van der Waals surface area (Å²) < 4.78 is 71.2. The predicted octanol–water partition coefficient (Wildman–Crippen LogP) is 4.17. The van der Waals surface area contributed by atoms with Crippen LogP contribution in [0.5, 0.6) is 0 Å². The quantitative estimate of drug-likeness (QED) is 0.383. The number of halogens is 3. The van der Waals surface area contributed by atoms with Crippen molar-refractivity contribution in [1.82, 2.24) is 19.7 Å². The first kappa shape index (κ1) is 24.5. The van der Waals surface area contributed by atoms with Crippen LogP contribution in [0.4, 0.5) is 13.2 Å². The van der Waals surface area contributed by atoms with Crippen molar-refractivity contribution in [3.05, 3.63) is 72.4 Å². The van der Waals surface area contributed by atoms with E-state index in [9.17, 15) is 26.4 Å². The Bertz CT molecular complexity index is 1440. The normalized spacial score (nSPS) is 13.1. The lowest BCUT2D eigenvalue weighted by atomic mass is 10.1. The maximum atomic E-state index is 12.8. The Kier molecular flexibility index (Phi) is 6.68. The number of carbonyl (C=O) groups excluding carboxylic acids is 1. The average molecular weight is 504 g/mol. The molecule has 0 saturated heterocycles. The molecule has 0 amide bonds. The Morgan fingerprint density at radius 3 is 2.54 bits per heavy atom. The number of ketones is 1. The minimum Gasteiger partial charge on any atom is -0.443 e. The highest BCUT2D eigenvalue weighted by molar-refractivity contribution is 7.89. The lowest BCUT2D eigenvalue weighted by Crippen LogP contribution is -2.38. The second-order valence-electron chi connectivity index (χ2n) is 7.76. The number of hydrogen-bond acceptors (Lipinski definition) is 7. The van der Waals surface area contributed by atoms with Crippen LogP contribution in [0.1, 0.15) is 24.6 Å². The van der Waals surface area contributed by atoms with E-state index in [0.717, 1.165) is 12.1 Å². The fourth-order valence-electron chi connectivity index (χ4n) is 3.34. The fraction of sp³-hybridized carbons (Fsp3) is 0.217. The molecule has 0 radical (unpaired) electrons. The molecule has 8 nitrogen and oxygen atoms in total. The number of benzene rings is 1. The zero-order chi connectivity index (χ0) is 25.2. The van der Waals surface area contributed by atoms with Crippen LogP contribution >= 0.6 is 0 Å². The minimum absolute atomic E-state index is 0.0167. The molecule has 0 spiro atoms. The number of aromatic nitrogens is 3. The molecule has 1 atom stereocenters. The van der Waals surface area contributed by atoms with Crippen molar-refractivity contribution < 1.29 is 30.8 Å². The van der Waals surface area contributed by atoms with Gasteiger partial charge in [0.1, 0.15) is 11.9 Å². The third-order valence-electron chi connectivity index (χ3n) is 5.23. The zero-order valence-corrected chi connectivity index (χ0v) is 19.1. The molecule has 0 unspecified atom stereocenters. The summed E-state index contributed by atoms with van der Waals surface area (Å²) in [5.41, 5.74) is 0.950. The Morgan fingerprint density at radius 1 is 1.11 bits per heavy atom. The molecule has 1 N–H and O–H groups in total. The summed E-state index contributed by atoms with van der Waals surface area (Å²) >= 11 is 0. The van der Waals surface area contributed by atoms with Crippen LogP contribution in [0.2, 0.25) is 0 Å². The van der Waals surface area contributed by atoms with Gasteiger partial charge in [0, 0.05) is 41.5 Å². The minimum atomic E-state index is -4.43. The molecule has 3 aromatic heterocycles. The molecular formula is C23H19F3N4O4S. The number of sulfonamides is 1. The van der Waals surface area contributed by atoms with Gasteiger partial charge in [-0.1, -0.05) is 12.1 Å². The largest absolute Gasteiger partial charge is 0.443 e. The molecule has 0 aliphatic heterocycles. The number of pyridine rings is 1. The predicted molar refractivity (Wildman–Crippen MR) is 120 cm³/mol. The topological polar surface area (TPSA) is 115 Å². The first-order valence-corrected chi connectivity index (χ1v) is 11.9. The highest BCUT2D eigenvalue weighted by atomic mass is 32.2. The lowest BCUT2D eigenvalue weighted by molar-refractivity contribution is -0.137. The highest BCUT2D eigenvalue weighted by Crippen LogP contribution is 2.30. The number of rotatable bonds is 8. The van der Waals surface area contributed by atoms with Gasteiger partial charge in [-0.2, -0.15) is 17.9 Å². The van der Waals surface area contributed by atoms with Gasteiger partial charge in [0.2, 0.25) is 5.09 Å². The Labute approximate surface area is 198 Å². The second kappa shape index (κ2) is 9.55. The Morgan fingerprint density at radius 2 is 1.86 bits per heavy atom. The van der Waals surface area contributed by atoms with Crippen LogP contribution < -0.4 is 4.72 Å². The first-order valence-electron chi connectivity index (χ1n) is 10.4. The van der Waals surface area contributed by atoms with Crippen LogP contribution in [0.15, 0.2) is 70.7 Å². The Hall–Kier alpha value is -3.64. The third kappa shape index (κ3) is 5.72. The van der Waals surface area contributed by atoms with Crippen molar-refractivity contribution >= 4 is 26.8 Å². The van der Waals surface area contributed by atoms with Crippen molar-refractivity contribution in [3.63, 3.8) is 0 Å². The number of nitrogens with one attached hydrogen (secondary N) is 1. The number of Topliss-reactive ketones (excluding diaryl/α,β-unsaturated/α-hetero) is 1. The first-order chi connectivity index (χ1) is 16.5. The number of furan rings is 1. The maximum absolute atomic E-state index is 12.8. The van der Waals surface area contributed by atoms with Crippen molar-refractivity contribution in [3.8, 4) is 11.3 Å². The van der Waals surface area contributed by atoms with Gasteiger partial charge in [-0.25, -0.2) is 18.4 Å². The molecule has 4 rings (SSSR count). The van der Waals surface area contributed by atoms with Crippen molar-refractivity contribution in [2.75, 3.05) is 0 Å². The summed E-state index contributed by atoms with van der Waals surface area (Å²) in [4.78, 5) is 24.6. The van der Waals surface area contributed by atoms with Gasteiger partial charge in [0.05, 0.1) is 17.3 Å². The molecule has 0 aliphatic rings.